The normalized spacial score (nSPS) is 11.6. The van der Waals surface area contributed by atoms with Crippen molar-refractivity contribution in [1.29, 1.82) is 0 Å². The molecule has 0 amide bonds. The molecule has 4 nitrogen and oxygen atoms in total. The van der Waals surface area contributed by atoms with E-state index in [1.807, 2.05) is 24.3 Å². The Hall–Kier alpha value is -6.13. The summed E-state index contributed by atoms with van der Waals surface area (Å²) in [5, 5.41) is 4.80. The third-order valence-corrected chi connectivity index (χ3v) is 11.9. The molecule has 0 spiro atoms. The summed E-state index contributed by atoms with van der Waals surface area (Å²) >= 11 is 0.152. The zero-order valence-electron chi connectivity index (χ0n) is 26.7. The molecule has 0 aliphatic heterocycles. The van der Waals surface area contributed by atoms with Crippen LogP contribution in [-0.4, -0.2) is 29.5 Å². The Labute approximate surface area is 294 Å². The molecule has 234 valence electrons. The van der Waals surface area contributed by atoms with Crippen LogP contribution < -0.4 is 0 Å². The molecule has 0 aliphatic carbocycles. The topological polar surface area (TPSA) is 51.8 Å². The minimum atomic E-state index is 0.152. The van der Waals surface area contributed by atoms with Gasteiger partial charge in [0.2, 0.25) is 0 Å². The summed E-state index contributed by atoms with van der Waals surface area (Å²) in [7, 11) is 0. The number of furan rings is 1. The Morgan fingerprint density at radius 3 is 1.84 bits per heavy atom. The van der Waals surface area contributed by atoms with Crippen LogP contribution in [0.4, 0.5) is 0 Å². The Bertz CT molecular complexity index is 2870. The molecular formula is C45H27N3OSe. The SMILES string of the molecule is c1ccc(-c2ccc(-c3nc(-c4cccc(-c5cccc6oc7ccccc7c56)c4)nc(-c4cccc5c4[se]c4ccccc45)n3)cc2)cc1. The van der Waals surface area contributed by atoms with Crippen LogP contribution in [0.5, 0.6) is 0 Å². The van der Waals surface area contributed by atoms with Gasteiger partial charge < -0.3 is 0 Å². The van der Waals surface area contributed by atoms with Crippen molar-refractivity contribution in [3.8, 4) is 56.4 Å². The summed E-state index contributed by atoms with van der Waals surface area (Å²) in [4.78, 5) is 15.5. The number of rotatable bonds is 5. The fraction of sp³-hybridized carbons (Fsp3) is 0. The van der Waals surface area contributed by atoms with E-state index in [1.165, 1.54) is 24.9 Å². The second kappa shape index (κ2) is 11.8. The number of aromatic nitrogens is 3. The molecule has 3 heterocycles. The predicted molar refractivity (Wildman–Crippen MR) is 206 cm³/mol. The fourth-order valence-electron chi connectivity index (χ4n) is 6.96. The van der Waals surface area contributed by atoms with Gasteiger partial charge in [0.05, 0.1) is 0 Å². The Morgan fingerprint density at radius 1 is 0.380 bits per heavy atom. The molecule has 0 unspecified atom stereocenters. The molecule has 0 N–H and O–H groups in total. The average Bonchev–Trinajstić information content (AvgIpc) is 3.77. The van der Waals surface area contributed by atoms with E-state index in [2.05, 4.69) is 140 Å². The third-order valence-electron chi connectivity index (χ3n) is 9.37. The second-order valence-electron chi connectivity index (χ2n) is 12.4. The van der Waals surface area contributed by atoms with E-state index in [0.717, 1.165) is 55.3 Å². The second-order valence-corrected chi connectivity index (χ2v) is 14.6. The van der Waals surface area contributed by atoms with Crippen LogP contribution in [0.15, 0.2) is 168 Å². The summed E-state index contributed by atoms with van der Waals surface area (Å²) in [6.45, 7) is 0. The average molecular weight is 705 g/mol. The zero-order valence-corrected chi connectivity index (χ0v) is 28.5. The van der Waals surface area contributed by atoms with E-state index in [4.69, 9.17) is 19.4 Å². The van der Waals surface area contributed by atoms with E-state index in [1.54, 1.807) is 0 Å². The van der Waals surface area contributed by atoms with Gasteiger partial charge in [0.1, 0.15) is 0 Å². The molecule has 7 aromatic carbocycles. The van der Waals surface area contributed by atoms with Gasteiger partial charge in [-0.25, -0.2) is 0 Å². The number of hydrogen-bond donors (Lipinski definition) is 0. The summed E-state index contributed by atoms with van der Waals surface area (Å²) in [6, 6.07) is 57.2. The summed E-state index contributed by atoms with van der Waals surface area (Å²) in [6.07, 6.45) is 0. The van der Waals surface area contributed by atoms with Crippen LogP contribution in [0.3, 0.4) is 0 Å². The number of benzene rings is 7. The summed E-state index contributed by atoms with van der Waals surface area (Å²) in [5.41, 5.74) is 9.22. The van der Waals surface area contributed by atoms with E-state index in [-0.39, 0.29) is 14.5 Å². The van der Waals surface area contributed by atoms with Gasteiger partial charge in [-0.05, 0) is 6.07 Å². The van der Waals surface area contributed by atoms with Gasteiger partial charge >= 0.3 is 271 Å². The molecule has 0 saturated carbocycles. The van der Waals surface area contributed by atoms with E-state index < -0.39 is 0 Å². The number of para-hydroxylation sites is 1. The molecule has 10 aromatic rings. The zero-order chi connectivity index (χ0) is 33.0. The Morgan fingerprint density at radius 2 is 0.960 bits per heavy atom. The molecule has 5 heteroatoms. The van der Waals surface area contributed by atoms with Crippen molar-refractivity contribution in [3.05, 3.63) is 164 Å². The number of hydrogen-bond acceptors (Lipinski definition) is 4. The third kappa shape index (κ3) is 4.87. The number of fused-ring (bicyclic) bond motifs is 6. The van der Waals surface area contributed by atoms with Gasteiger partial charge in [-0.2, -0.15) is 0 Å². The number of nitrogens with zero attached hydrogens (tertiary/aromatic N) is 3. The van der Waals surface area contributed by atoms with Crippen molar-refractivity contribution >= 4 is 55.7 Å². The first kappa shape index (κ1) is 28.8. The Balaban J connectivity index is 1.16. The fourth-order valence-corrected chi connectivity index (χ4v) is 9.50. The molecule has 10 rings (SSSR count). The molecule has 0 atom stereocenters. The van der Waals surface area contributed by atoms with Crippen molar-refractivity contribution < 1.29 is 4.42 Å². The van der Waals surface area contributed by atoms with Gasteiger partial charge in [-0.1, -0.05) is 18.2 Å². The van der Waals surface area contributed by atoms with Crippen molar-refractivity contribution in [2.24, 2.45) is 0 Å². The first-order chi connectivity index (χ1) is 24.8. The van der Waals surface area contributed by atoms with E-state index >= 15 is 0 Å². The molecule has 0 aliphatic rings. The maximum absolute atomic E-state index is 6.22. The van der Waals surface area contributed by atoms with Crippen molar-refractivity contribution in [1.82, 2.24) is 15.0 Å². The Kier molecular flexibility index (Phi) is 6.80. The predicted octanol–water partition coefficient (Wildman–Crippen LogP) is 11.5. The van der Waals surface area contributed by atoms with Crippen LogP contribution in [0.1, 0.15) is 0 Å². The first-order valence-electron chi connectivity index (χ1n) is 16.6. The van der Waals surface area contributed by atoms with E-state index in [9.17, 15) is 0 Å². The standard InChI is InChI=1S/C45H27N3OSe/c1-2-11-28(12-3-1)29-23-25-30(26-24-29)43-46-44(48-45(47-43)37-19-9-18-35-34-15-5-7-22-40(34)50-42(35)37)32-14-8-13-31(27-32)33-17-10-21-39-41(33)36-16-4-6-20-38(36)49-39/h1-27H. The van der Waals surface area contributed by atoms with Gasteiger partial charge in [-0.3, -0.25) is 0 Å². The minimum absolute atomic E-state index is 0.152. The molecule has 0 bridgehead atoms. The van der Waals surface area contributed by atoms with Crippen LogP contribution in [0.2, 0.25) is 0 Å². The van der Waals surface area contributed by atoms with Gasteiger partial charge in [0.25, 0.3) is 0 Å². The quantitative estimate of drug-likeness (QED) is 0.167. The summed E-state index contributed by atoms with van der Waals surface area (Å²) < 4.78 is 8.93. The van der Waals surface area contributed by atoms with Crippen LogP contribution in [-0.2, 0) is 0 Å². The molecule has 50 heavy (non-hydrogen) atoms. The summed E-state index contributed by atoms with van der Waals surface area (Å²) in [5.74, 6) is 1.99. The van der Waals surface area contributed by atoms with E-state index in [0.29, 0.717) is 17.5 Å². The van der Waals surface area contributed by atoms with Gasteiger partial charge in [0.15, 0.2) is 0 Å². The molecule has 0 radical (unpaired) electrons. The van der Waals surface area contributed by atoms with Crippen LogP contribution in [0.25, 0.3) is 97.6 Å². The van der Waals surface area contributed by atoms with Crippen molar-refractivity contribution in [2.45, 2.75) is 0 Å². The van der Waals surface area contributed by atoms with Gasteiger partial charge in [0, 0.05) is 0 Å². The maximum atomic E-state index is 6.22. The van der Waals surface area contributed by atoms with Gasteiger partial charge in [-0.15, -0.1) is 0 Å². The molecule has 0 fully saturated rings. The molecule has 0 saturated heterocycles. The van der Waals surface area contributed by atoms with Crippen LogP contribution >= 0.6 is 0 Å². The van der Waals surface area contributed by atoms with Crippen LogP contribution in [0, 0.1) is 0 Å². The first-order valence-corrected chi connectivity index (χ1v) is 18.3. The van der Waals surface area contributed by atoms with Crippen molar-refractivity contribution in [3.63, 3.8) is 0 Å². The van der Waals surface area contributed by atoms with Crippen molar-refractivity contribution in [2.75, 3.05) is 0 Å². The molecular weight excluding hydrogens is 677 g/mol. The molecule has 3 aromatic heterocycles. The monoisotopic (exact) mass is 705 g/mol.